The number of carbonyl (C=O) groups is 2. The van der Waals surface area contributed by atoms with E-state index in [9.17, 15) is 14.0 Å². The molecule has 0 atom stereocenters. The number of benzene rings is 1. The van der Waals surface area contributed by atoms with Crippen molar-refractivity contribution >= 4 is 11.9 Å². The van der Waals surface area contributed by atoms with Gasteiger partial charge in [0.05, 0.1) is 7.11 Å². The number of hydrogen-bond donors (Lipinski definition) is 2. The first-order chi connectivity index (χ1) is 13.0. The number of methoxy groups -OCH3 is 1. The van der Waals surface area contributed by atoms with Crippen molar-refractivity contribution in [3.63, 3.8) is 0 Å². The van der Waals surface area contributed by atoms with Crippen LogP contribution in [0.15, 0.2) is 18.2 Å². The number of hydrogen-bond acceptors (Lipinski definition) is 3. The number of nitrogens with zero attached hydrogens (tertiary/aromatic N) is 1. The molecule has 0 aliphatic heterocycles. The zero-order valence-electron chi connectivity index (χ0n) is 16.2. The summed E-state index contributed by atoms with van der Waals surface area (Å²) >= 11 is 0. The third-order valence-corrected chi connectivity index (χ3v) is 4.89. The molecule has 1 aliphatic rings. The summed E-state index contributed by atoms with van der Waals surface area (Å²) in [6.45, 7) is 3.00. The molecule has 1 aromatic rings. The summed E-state index contributed by atoms with van der Waals surface area (Å²) in [5.74, 6) is -0.340. The number of carbonyl (C=O) groups excluding carboxylic acids is 2. The van der Waals surface area contributed by atoms with Crippen LogP contribution in [0.1, 0.15) is 51.0 Å². The fourth-order valence-electron chi connectivity index (χ4n) is 3.33. The lowest BCUT2D eigenvalue weighted by molar-refractivity contribution is -0.131. The van der Waals surface area contributed by atoms with Crippen LogP contribution in [-0.2, 0) is 11.3 Å². The third-order valence-electron chi connectivity index (χ3n) is 4.89. The molecule has 1 saturated carbocycles. The van der Waals surface area contributed by atoms with Gasteiger partial charge >= 0.3 is 6.03 Å². The molecule has 1 aromatic carbocycles. The fraction of sp³-hybridized carbons (Fsp3) is 0.600. The summed E-state index contributed by atoms with van der Waals surface area (Å²) in [4.78, 5) is 26.0. The van der Waals surface area contributed by atoms with Crippen molar-refractivity contribution in [3.05, 3.63) is 29.6 Å². The number of ether oxygens (including phenoxy) is 1. The van der Waals surface area contributed by atoms with Gasteiger partial charge in [0, 0.05) is 32.1 Å². The highest BCUT2D eigenvalue weighted by Crippen LogP contribution is 2.19. The van der Waals surface area contributed by atoms with E-state index in [1.807, 2.05) is 6.92 Å². The molecule has 0 unspecified atom stereocenters. The molecule has 0 bridgehead atoms. The third kappa shape index (κ3) is 6.73. The van der Waals surface area contributed by atoms with E-state index in [1.54, 1.807) is 17.0 Å². The van der Waals surface area contributed by atoms with Crippen molar-refractivity contribution in [1.82, 2.24) is 15.5 Å². The van der Waals surface area contributed by atoms with Crippen LogP contribution < -0.4 is 15.4 Å². The van der Waals surface area contributed by atoms with Crippen molar-refractivity contribution in [1.29, 1.82) is 0 Å². The quantitative estimate of drug-likeness (QED) is 0.729. The van der Waals surface area contributed by atoms with Gasteiger partial charge in [0.2, 0.25) is 5.91 Å². The van der Waals surface area contributed by atoms with Gasteiger partial charge in [0.1, 0.15) is 0 Å². The maximum Gasteiger partial charge on any atom is 0.315 e. The van der Waals surface area contributed by atoms with Gasteiger partial charge in [-0.2, -0.15) is 0 Å². The molecular formula is C20H30FN3O3. The Kier molecular flexibility index (Phi) is 8.36. The highest BCUT2D eigenvalue weighted by molar-refractivity contribution is 5.78. The Morgan fingerprint density at radius 3 is 2.63 bits per heavy atom. The lowest BCUT2D eigenvalue weighted by Crippen LogP contribution is -2.44. The van der Waals surface area contributed by atoms with Crippen molar-refractivity contribution in [2.45, 2.75) is 58.0 Å². The average molecular weight is 379 g/mol. The van der Waals surface area contributed by atoms with Crippen LogP contribution in [0.25, 0.3) is 0 Å². The Bertz CT molecular complexity index is 633. The molecule has 1 fully saturated rings. The molecule has 27 heavy (non-hydrogen) atoms. The summed E-state index contributed by atoms with van der Waals surface area (Å²) < 4.78 is 18.7. The van der Waals surface area contributed by atoms with Crippen molar-refractivity contribution in [2.24, 2.45) is 0 Å². The predicted octanol–water partition coefficient (Wildman–Crippen LogP) is 3.20. The highest BCUT2D eigenvalue weighted by atomic mass is 19.1. The Morgan fingerprint density at radius 2 is 2.00 bits per heavy atom. The van der Waals surface area contributed by atoms with Gasteiger partial charge in [-0.1, -0.05) is 25.3 Å². The minimum Gasteiger partial charge on any atom is -0.494 e. The SMILES string of the molecule is CCN(Cc1ccc(OC)c(F)c1)C(=O)CCNC(=O)NC1CCCCC1. The normalized spacial score (nSPS) is 14.5. The van der Waals surface area contributed by atoms with E-state index in [4.69, 9.17) is 4.74 Å². The molecule has 0 spiro atoms. The van der Waals surface area contributed by atoms with Crippen LogP contribution in [0.2, 0.25) is 0 Å². The Hall–Kier alpha value is -2.31. The van der Waals surface area contributed by atoms with Gasteiger partial charge < -0.3 is 20.3 Å². The second kappa shape index (κ2) is 10.7. The van der Waals surface area contributed by atoms with Crippen molar-refractivity contribution in [3.8, 4) is 5.75 Å². The smallest absolute Gasteiger partial charge is 0.315 e. The van der Waals surface area contributed by atoms with Crippen molar-refractivity contribution in [2.75, 3.05) is 20.2 Å². The summed E-state index contributed by atoms with van der Waals surface area (Å²) in [5.41, 5.74) is 0.700. The Balaban J connectivity index is 1.75. The molecule has 7 heteroatoms. The van der Waals surface area contributed by atoms with E-state index in [1.165, 1.54) is 19.6 Å². The summed E-state index contributed by atoms with van der Waals surface area (Å²) in [5, 5.41) is 5.72. The molecule has 0 saturated heterocycles. The number of urea groups is 1. The first kappa shape index (κ1) is 21.0. The molecule has 0 heterocycles. The fourth-order valence-corrected chi connectivity index (χ4v) is 3.33. The van der Waals surface area contributed by atoms with E-state index in [0.717, 1.165) is 25.7 Å². The lowest BCUT2D eigenvalue weighted by atomic mass is 9.96. The monoisotopic (exact) mass is 379 g/mol. The molecule has 1 aliphatic carbocycles. The van der Waals surface area contributed by atoms with Gasteiger partial charge in [-0.15, -0.1) is 0 Å². The van der Waals surface area contributed by atoms with Crippen LogP contribution in [0.4, 0.5) is 9.18 Å². The second-order valence-corrected chi connectivity index (χ2v) is 6.86. The predicted molar refractivity (Wildman–Crippen MR) is 102 cm³/mol. The second-order valence-electron chi connectivity index (χ2n) is 6.86. The molecule has 3 amide bonds. The number of rotatable bonds is 8. The first-order valence-corrected chi connectivity index (χ1v) is 9.68. The van der Waals surface area contributed by atoms with Crippen LogP contribution in [-0.4, -0.2) is 43.1 Å². The number of nitrogens with one attached hydrogen (secondary N) is 2. The average Bonchev–Trinajstić information content (AvgIpc) is 2.67. The first-order valence-electron chi connectivity index (χ1n) is 9.68. The van der Waals surface area contributed by atoms with E-state index in [2.05, 4.69) is 10.6 Å². The molecule has 2 N–H and O–H groups in total. The zero-order valence-corrected chi connectivity index (χ0v) is 16.2. The van der Waals surface area contributed by atoms with Crippen LogP contribution in [0, 0.1) is 5.82 Å². The van der Waals surface area contributed by atoms with Crippen LogP contribution in [0.3, 0.4) is 0 Å². The molecular weight excluding hydrogens is 349 g/mol. The standard InChI is InChI=1S/C20H30FN3O3/c1-3-24(14-15-9-10-18(27-2)17(21)13-15)19(25)11-12-22-20(26)23-16-7-5-4-6-8-16/h9-10,13,16H,3-8,11-12,14H2,1-2H3,(H2,22,23,26). The van der Waals surface area contributed by atoms with E-state index in [-0.39, 0.29) is 36.7 Å². The number of amides is 3. The molecule has 6 nitrogen and oxygen atoms in total. The zero-order chi connectivity index (χ0) is 19.6. The van der Waals surface area contributed by atoms with Crippen LogP contribution >= 0.6 is 0 Å². The molecule has 150 valence electrons. The summed E-state index contributed by atoms with van der Waals surface area (Å²) in [6.07, 6.45) is 5.80. The minimum atomic E-state index is -0.445. The van der Waals surface area contributed by atoms with Crippen molar-refractivity contribution < 1.29 is 18.7 Å². The lowest BCUT2D eigenvalue weighted by Gasteiger charge is -2.23. The van der Waals surface area contributed by atoms with E-state index in [0.29, 0.717) is 18.7 Å². The van der Waals surface area contributed by atoms with Gasteiger partial charge in [-0.05, 0) is 37.5 Å². The van der Waals surface area contributed by atoms with Gasteiger partial charge in [0.25, 0.3) is 0 Å². The van der Waals surface area contributed by atoms with Gasteiger partial charge in [0.15, 0.2) is 11.6 Å². The Labute approximate surface area is 160 Å². The Morgan fingerprint density at radius 1 is 1.26 bits per heavy atom. The highest BCUT2D eigenvalue weighted by Gasteiger charge is 2.17. The van der Waals surface area contributed by atoms with Gasteiger partial charge in [-0.25, -0.2) is 9.18 Å². The summed E-state index contributed by atoms with van der Waals surface area (Å²) in [7, 11) is 1.41. The van der Waals surface area contributed by atoms with E-state index < -0.39 is 5.82 Å². The topological polar surface area (TPSA) is 70.7 Å². The molecule has 0 aromatic heterocycles. The number of halogens is 1. The molecule has 0 radical (unpaired) electrons. The van der Waals surface area contributed by atoms with Crippen LogP contribution in [0.5, 0.6) is 5.75 Å². The van der Waals surface area contributed by atoms with Gasteiger partial charge in [-0.3, -0.25) is 4.79 Å². The minimum absolute atomic E-state index is 0.0771. The largest absolute Gasteiger partial charge is 0.494 e. The molecule has 2 rings (SSSR count). The maximum absolute atomic E-state index is 13.8. The summed E-state index contributed by atoms with van der Waals surface area (Å²) in [6, 6.07) is 4.71. The maximum atomic E-state index is 13.8. The van der Waals surface area contributed by atoms with E-state index >= 15 is 0 Å².